The number of benzene rings is 2. The standard InChI is InChI=1S/C19H19FN4O/c1-12-5-6-13-15(11-12)22-18(17-14(20)3-2-4-16(17)25)23-19(13)24-9-7-21-8-10-24/h2-6,11,21,25H,7-10H2,1H3. The van der Waals surface area contributed by atoms with E-state index in [4.69, 9.17) is 0 Å². The largest absolute Gasteiger partial charge is 0.507 e. The molecule has 1 aliphatic rings. The number of halogens is 1. The first-order valence-corrected chi connectivity index (χ1v) is 8.35. The number of hydrogen-bond donors (Lipinski definition) is 2. The van der Waals surface area contributed by atoms with Gasteiger partial charge in [0.15, 0.2) is 5.82 Å². The second kappa shape index (κ2) is 6.29. The van der Waals surface area contributed by atoms with E-state index in [0.717, 1.165) is 48.5 Å². The van der Waals surface area contributed by atoms with E-state index in [9.17, 15) is 9.50 Å². The number of fused-ring (bicyclic) bond motifs is 1. The molecule has 128 valence electrons. The average molecular weight is 338 g/mol. The van der Waals surface area contributed by atoms with Gasteiger partial charge in [-0.05, 0) is 36.8 Å². The summed E-state index contributed by atoms with van der Waals surface area (Å²) in [7, 11) is 0. The van der Waals surface area contributed by atoms with Crippen LogP contribution in [0.15, 0.2) is 36.4 Å². The van der Waals surface area contributed by atoms with Gasteiger partial charge in [0.2, 0.25) is 0 Å². The number of rotatable bonds is 2. The summed E-state index contributed by atoms with van der Waals surface area (Å²) in [5.74, 6) is 0.308. The molecule has 0 saturated carbocycles. The number of nitrogens with zero attached hydrogens (tertiary/aromatic N) is 3. The number of phenolic OH excluding ortho intramolecular Hbond substituents is 1. The Morgan fingerprint density at radius 1 is 1.12 bits per heavy atom. The predicted molar refractivity (Wildman–Crippen MR) is 96.4 cm³/mol. The average Bonchev–Trinajstić information content (AvgIpc) is 2.61. The Balaban J connectivity index is 1.96. The van der Waals surface area contributed by atoms with Gasteiger partial charge < -0.3 is 15.3 Å². The zero-order valence-electron chi connectivity index (χ0n) is 14.0. The molecule has 2 N–H and O–H groups in total. The van der Waals surface area contributed by atoms with Crippen molar-refractivity contribution in [2.45, 2.75) is 6.92 Å². The highest BCUT2D eigenvalue weighted by Gasteiger charge is 2.20. The lowest BCUT2D eigenvalue weighted by Crippen LogP contribution is -2.44. The molecule has 4 rings (SSSR count). The van der Waals surface area contributed by atoms with Crippen LogP contribution < -0.4 is 10.2 Å². The third kappa shape index (κ3) is 2.89. The molecule has 25 heavy (non-hydrogen) atoms. The summed E-state index contributed by atoms with van der Waals surface area (Å²) >= 11 is 0. The van der Waals surface area contributed by atoms with Crippen molar-refractivity contribution in [3.63, 3.8) is 0 Å². The smallest absolute Gasteiger partial charge is 0.168 e. The second-order valence-corrected chi connectivity index (χ2v) is 6.26. The summed E-state index contributed by atoms with van der Waals surface area (Å²) < 4.78 is 14.3. The normalized spacial score (nSPS) is 14.9. The fraction of sp³-hybridized carbons (Fsp3) is 0.263. The molecule has 2 aromatic carbocycles. The monoisotopic (exact) mass is 338 g/mol. The lowest BCUT2D eigenvalue weighted by atomic mass is 10.1. The Morgan fingerprint density at radius 3 is 2.68 bits per heavy atom. The topological polar surface area (TPSA) is 61.3 Å². The Morgan fingerprint density at radius 2 is 1.92 bits per heavy atom. The maximum atomic E-state index is 14.3. The van der Waals surface area contributed by atoms with Crippen molar-refractivity contribution < 1.29 is 9.50 Å². The molecule has 0 bridgehead atoms. The number of nitrogens with one attached hydrogen (secondary N) is 1. The quantitative estimate of drug-likeness (QED) is 0.752. The van der Waals surface area contributed by atoms with Crippen LogP contribution in [0.1, 0.15) is 5.56 Å². The van der Waals surface area contributed by atoms with E-state index in [1.807, 2.05) is 25.1 Å². The number of anilines is 1. The molecule has 1 saturated heterocycles. The van der Waals surface area contributed by atoms with Crippen molar-refractivity contribution >= 4 is 16.7 Å². The van der Waals surface area contributed by atoms with Crippen molar-refractivity contribution in [2.24, 2.45) is 0 Å². The highest BCUT2D eigenvalue weighted by Crippen LogP contribution is 2.33. The Bertz CT molecular complexity index is 918. The molecule has 5 nitrogen and oxygen atoms in total. The van der Waals surface area contributed by atoms with Gasteiger partial charge in [0, 0.05) is 31.6 Å². The molecule has 6 heteroatoms. The van der Waals surface area contributed by atoms with Gasteiger partial charge in [-0.2, -0.15) is 0 Å². The lowest BCUT2D eigenvalue weighted by Gasteiger charge is -2.29. The number of aromatic hydroxyl groups is 1. The van der Waals surface area contributed by atoms with Gasteiger partial charge in [0.1, 0.15) is 17.4 Å². The van der Waals surface area contributed by atoms with Crippen LogP contribution in [0.4, 0.5) is 10.2 Å². The van der Waals surface area contributed by atoms with Crippen LogP contribution in [-0.2, 0) is 0 Å². The first-order valence-electron chi connectivity index (χ1n) is 8.35. The van der Waals surface area contributed by atoms with Crippen molar-refractivity contribution in [3.8, 4) is 17.1 Å². The summed E-state index contributed by atoms with van der Waals surface area (Å²) in [6, 6.07) is 10.2. The van der Waals surface area contributed by atoms with Gasteiger partial charge in [-0.1, -0.05) is 12.1 Å². The van der Waals surface area contributed by atoms with Crippen molar-refractivity contribution in [1.29, 1.82) is 0 Å². The highest BCUT2D eigenvalue weighted by molar-refractivity contribution is 5.92. The SMILES string of the molecule is Cc1ccc2c(N3CCNCC3)nc(-c3c(O)cccc3F)nc2c1. The molecule has 1 aliphatic heterocycles. The highest BCUT2D eigenvalue weighted by atomic mass is 19.1. The van der Waals surface area contributed by atoms with E-state index in [2.05, 4.69) is 20.2 Å². The van der Waals surface area contributed by atoms with Crippen LogP contribution in [0.5, 0.6) is 5.75 Å². The molecule has 2 heterocycles. The van der Waals surface area contributed by atoms with Gasteiger partial charge in [-0.15, -0.1) is 0 Å². The van der Waals surface area contributed by atoms with Crippen LogP contribution in [0, 0.1) is 12.7 Å². The van der Waals surface area contributed by atoms with Crippen molar-refractivity contribution in [2.75, 3.05) is 31.1 Å². The number of phenols is 1. The predicted octanol–water partition coefficient (Wildman–Crippen LogP) is 2.86. The molecule has 0 amide bonds. The van der Waals surface area contributed by atoms with Crippen molar-refractivity contribution in [1.82, 2.24) is 15.3 Å². The zero-order chi connectivity index (χ0) is 17.4. The maximum Gasteiger partial charge on any atom is 0.168 e. The van der Waals surface area contributed by atoms with Gasteiger partial charge in [-0.3, -0.25) is 0 Å². The van der Waals surface area contributed by atoms with E-state index in [-0.39, 0.29) is 17.1 Å². The van der Waals surface area contributed by atoms with E-state index in [0.29, 0.717) is 0 Å². The summed E-state index contributed by atoms with van der Waals surface area (Å²) in [6.07, 6.45) is 0. The first kappa shape index (κ1) is 15.8. The molecule has 1 aromatic heterocycles. The molecular weight excluding hydrogens is 319 g/mol. The third-order valence-electron chi connectivity index (χ3n) is 4.46. The van der Waals surface area contributed by atoms with Gasteiger partial charge in [0.25, 0.3) is 0 Å². The lowest BCUT2D eigenvalue weighted by molar-refractivity contribution is 0.471. The van der Waals surface area contributed by atoms with Crippen LogP contribution in [-0.4, -0.2) is 41.3 Å². The number of hydrogen-bond acceptors (Lipinski definition) is 5. The molecule has 1 fully saturated rings. The first-order chi connectivity index (χ1) is 12.1. The summed E-state index contributed by atoms with van der Waals surface area (Å²) in [5.41, 5.74) is 1.87. The molecule has 0 aliphatic carbocycles. The summed E-state index contributed by atoms with van der Waals surface area (Å²) in [6.45, 7) is 5.38. The van der Waals surface area contributed by atoms with Crippen LogP contribution in [0.2, 0.25) is 0 Å². The fourth-order valence-electron chi connectivity index (χ4n) is 3.19. The molecule has 0 radical (unpaired) electrons. The van der Waals surface area contributed by atoms with E-state index >= 15 is 0 Å². The Kier molecular flexibility index (Phi) is 3.97. The molecule has 3 aromatic rings. The zero-order valence-corrected chi connectivity index (χ0v) is 14.0. The number of aromatic nitrogens is 2. The Hall–Kier alpha value is -2.73. The summed E-state index contributed by atoms with van der Waals surface area (Å²) in [5, 5.41) is 14.4. The number of piperazine rings is 1. The van der Waals surface area contributed by atoms with Gasteiger partial charge >= 0.3 is 0 Å². The fourth-order valence-corrected chi connectivity index (χ4v) is 3.19. The molecular formula is C19H19FN4O. The summed E-state index contributed by atoms with van der Waals surface area (Å²) in [4.78, 5) is 11.3. The van der Waals surface area contributed by atoms with E-state index < -0.39 is 5.82 Å². The minimum absolute atomic E-state index is 0.0438. The van der Waals surface area contributed by atoms with Crippen LogP contribution in [0.3, 0.4) is 0 Å². The van der Waals surface area contributed by atoms with E-state index in [1.54, 1.807) is 0 Å². The number of aryl methyl sites for hydroxylation is 1. The third-order valence-corrected chi connectivity index (χ3v) is 4.46. The minimum atomic E-state index is -0.529. The Labute approximate surface area is 145 Å². The molecule has 0 unspecified atom stereocenters. The minimum Gasteiger partial charge on any atom is -0.507 e. The maximum absolute atomic E-state index is 14.3. The van der Waals surface area contributed by atoms with Crippen molar-refractivity contribution in [3.05, 3.63) is 47.8 Å². The molecule has 0 atom stereocenters. The van der Waals surface area contributed by atoms with Crippen LogP contribution >= 0.6 is 0 Å². The van der Waals surface area contributed by atoms with E-state index in [1.165, 1.54) is 18.2 Å². The molecule has 0 spiro atoms. The van der Waals surface area contributed by atoms with Gasteiger partial charge in [0.05, 0.1) is 11.1 Å². The van der Waals surface area contributed by atoms with Gasteiger partial charge in [-0.25, -0.2) is 14.4 Å². The van der Waals surface area contributed by atoms with Crippen LogP contribution in [0.25, 0.3) is 22.3 Å². The second-order valence-electron chi connectivity index (χ2n) is 6.26.